The molecule has 1 heterocycles. The van der Waals surface area contributed by atoms with Gasteiger partial charge in [-0.3, -0.25) is 24.0 Å². The smallest absolute Gasteiger partial charge is 0.251 e. The monoisotopic (exact) mass is 698 g/mol. The van der Waals surface area contributed by atoms with E-state index in [0.717, 1.165) is 0 Å². The molecule has 278 valence electrons. The van der Waals surface area contributed by atoms with Gasteiger partial charge in [-0.1, -0.05) is 73.4 Å². The second-order valence-corrected chi connectivity index (χ2v) is 13.6. The predicted molar refractivity (Wildman–Crippen MR) is 191 cm³/mol. The van der Waals surface area contributed by atoms with Crippen LogP contribution in [-0.2, 0) is 19.2 Å². The molecule has 7 N–H and O–H groups in total. The molecule has 2 rings (SSSR count). The molecule has 3 unspecified atom stereocenters. The molecule has 0 aliphatic carbocycles. The van der Waals surface area contributed by atoms with Gasteiger partial charge in [0.1, 0.15) is 18.1 Å². The number of hydrogen-bond donors (Lipinski definition) is 7. The lowest BCUT2D eigenvalue weighted by Crippen LogP contribution is -2.58. The number of nitrogens with zero attached hydrogens (tertiary/aromatic N) is 3. The number of likely N-dealkylation sites (N-methyl/N-ethyl adjacent to an activating group) is 1. The van der Waals surface area contributed by atoms with Crippen molar-refractivity contribution in [2.24, 2.45) is 17.8 Å². The average molecular weight is 699 g/mol. The van der Waals surface area contributed by atoms with Gasteiger partial charge in [0.15, 0.2) is 0 Å². The van der Waals surface area contributed by atoms with Gasteiger partial charge in [-0.2, -0.15) is 5.21 Å². The Morgan fingerprint density at radius 2 is 1.54 bits per heavy atom. The van der Waals surface area contributed by atoms with Crippen LogP contribution in [-0.4, -0.2) is 93.5 Å². The molecule has 5 amide bonds. The third-order valence-electron chi connectivity index (χ3n) is 8.48. The highest BCUT2D eigenvalue weighted by atomic mass is 16.2. The van der Waals surface area contributed by atoms with Gasteiger partial charge in [0, 0.05) is 30.3 Å². The van der Waals surface area contributed by atoms with Crippen LogP contribution >= 0.6 is 0 Å². The normalized spacial score (nSPS) is 14.9. The summed E-state index contributed by atoms with van der Waals surface area (Å²) in [4.78, 5) is 66.2. The first-order chi connectivity index (χ1) is 23.7. The lowest BCUT2D eigenvalue weighted by Gasteiger charge is -2.29. The molecule has 0 aliphatic rings. The first-order valence-corrected chi connectivity index (χ1v) is 17.8. The van der Waals surface area contributed by atoms with E-state index in [0.29, 0.717) is 55.7 Å². The topological polar surface area (TPSA) is 212 Å². The minimum Gasteiger partial charge on any atom is -0.355 e. The van der Waals surface area contributed by atoms with E-state index in [1.165, 1.54) is 0 Å². The van der Waals surface area contributed by atoms with Gasteiger partial charge in [-0.25, -0.2) is 0 Å². The maximum Gasteiger partial charge on any atom is 0.251 e. The Morgan fingerprint density at radius 1 is 0.820 bits per heavy atom. The van der Waals surface area contributed by atoms with Crippen molar-refractivity contribution in [2.45, 2.75) is 118 Å². The summed E-state index contributed by atoms with van der Waals surface area (Å²) in [5.41, 5.74) is 0.919. The average Bonchev–Trinajstić information content (AvgIpc) is 3.62. The first-order valence-electron chi connectivity index (χ1n) is 17.8. The number of hydrogen-bond acceptors (Lipinski definition) is 9. The number of carbonyl (C=O) groups excluding carboxylic acids is 5. The van der Waals surface area contributed by atoms with Crippen molar-refractivity contribution in [3.05, 3.63) is 29.8 Å². The van der Waals surface area contributed by atoms with Crippen LogP contribution in [0.15, 0.2) is 24.3 Å². The SMILES string of the molecule is CCC[C@H](NC(=O)C(NC(=O)c1cccc(-c2nn[nH]n2)c1)[C@@H](C)CC)C(=O)NC(CN[C@@H](C)C(=O)NC(C(=O)NCC)C(C)C)CC(C)C. The predicted octanol–water partition coefficient (Wildman–Crippen LogP) is 2.08. The Labute approximate surface area is 296 Å². The van der Waals surface area contributed by atoms with Crippen LogP contribution in [0.1, 0.15) is 98.4 Å². The number of tetrazole rings is 1. The quantitative estimate of drug-likeness (QED) is 0.102. The minimum absolute atomic E-state index is 0.0985. The molecule has 15 nitrogen and oxygen atoms in total. The van der Waals surface area contributed by atoms with Crippen molar-refractivity contribution in [1.29, 1.82) is 0 Å². The summed E-state index contributed by atoms with van der Waals surface area (Å²) in [6.45, 7) is 17.8. The molecule has 1 aromatic heterocycles. The lowest BCUT2D eigenvalue weighted by atomic mass is 9.96. The van der Waals surface area contributed by atoms with Gasteiger partial charge in [0.2, 0.25) is 29.5 Å². The first kappa shape index (κ1) is 41.8. The molecular formula is C35H58N10O5. The van der Waals surface area contributed by atoms with E-state index in [2.05, 4.69) is 52.5 Å². The van der Waals surface area contributed by atoms with Crippen LogP contribution in [0.4, 0.5) is 0 Å². The molecule has 0 spiro atoms. The van der Waals surface area contributed by atoms with Crippen molar-refractivity contribution in [2.75, 3.05) is 13.1 Å². The fourth-order valence-electron chi connectivity index (χ4n) is 5.40. The number of aromatic nitrogens is 4. The molecule has 50 heavy (non-hydrogen) atoms. The van der Waals surface area contributed by atoms with Crippen molar-refractivity contribution in [3.8, 4) is 11.4 Å². The van der Waals surface area contributed by atoms with Crippen LogP contribution in [0, 0.1) is 17.8 Å². The highest BCUT2D eigenvalue weighted by Crippen LogP contribution is 2.17. The molecule has 0 radical (unpaired) electrons. The number of benzene rings is 1. The van der Waals surface area contributed by atoms with Crippen LogP contribution in [0.3, 0.4) is 0 Å². The maximum absolute atomic E-state index is 13.7. The zero-order valence-electron chi connectivity index (χ0n) is 31.1. The molecule has 2 aromatic rings. The molecule has 0 aliphatic heterocycles. The minimum atomic E-state index is -0.893. The Bertz CT molecular complexity index is 1380. The van der Waals surface area contributed by atoms with Crippen molar-refractivity contribution in [1.82, 2.24) is 52.5 Å². The van der Waals surface area contributed by atoms with Gasteiger partial charge in [0.25, 0.3) is 5.91 Å². The summed E-state index contributed by atoms with van der Waals surface area (Å²) in [5, 5.41) is 31.5. The van der Waals surface area contributed by atoms with Crippen molar-refractivity contribution in [3.63, 3.8) is 0 Å². The summed E-state index contributed by atoms with van der Waals surface area (Å²) < 4.78 is 0. The fraction of sp³-hybridized carbons (Fsp3) is 0.657. The third kappa shape index (κ3) is 13.1. The highest BCUT2D eigenvalue weighted by Gasteiger charge is 2.31. The Kier molecular flexibility index (Phi) is 17.5. The second-order valence-electron chi connectivity index (χ2n) is 13.6. The molecule has 0 fully saturated rings. The van der Waals surface area contributed by atoms with E-state index in [4.69, 9.17) is 0 Å². The zero-order chi connectivity index (χ0) is 37.4. The van der Waals surface area contributed by atoms with Gasteiger partial charge in [-0.05, 0) is 61.8 Å². The molecule has 0 bridgehead atoms. The van der Waals surface area contributed by atoms with Gasteiger partial charge in [0.05, 0.1) is 6.04 Å². The number of nitrogens with one attached hydrogen (secondary N) is 7. The standard InChI is InChI=1S/C35H58N10O5/c1-10-14-27(33(48)38-26(17-20(4)5)19-37-23(9)31(46)40-28(21(6)7)34(49)36-12-3)39-35(50)29(22(8)11-2)41-32(47)25-16-13-15-24(18-25)30-42-44-45-43-30/h13,15-16,18,20-23,26-29,37H,10-12,14,17,19H2,1-9H3,(H,36,49)(H,38,48)(H,39,50)(H,40,46)(H,41,47)(H,42,43,44,45)/t22-,23-,26?,27-,28?,29?/m0/s1. The van der Waals surface area contributed by atoms with Crippen molar-refractivity contribution < 1.29 is 24.0 Å². The van der Waals surface area contributed by atoms with Crippen LogP contribution < -0.4 is 31.9 Å². The maximum atomic E-state index is 13.7. The molecule has 1 aromatic carbocycles. The number of amides is 5. The van der Waals surface area contributed by atoms with E-state index in [1.54, 1.807) is 31.2 Å². The summed E-state index contributed by atoms with van der Waals surface area (Å²) >= 11 is 0. The number of carbonyl (C=O) groups is 5. The summed E-state index contributed by atoms with van der Waals surface area (Å²) in [7, 11) is 0. The molecule has 6 atom stereocenters. The summed E-state index contributed by atoms with van der Waals surface area (Å²) in [5.74, 6) is -1.55. The van der Waals surface area contributed by atoms with Gasteiger partial charge < -0.3 is 31.9 Å². The molecular weight excluding hydrogens is 640 g/mol. The van der Waals surface area contributed by atoms with Gasteiger partial charge in [-0.15, -0.1) is 10.2 Å². The van der Waals surface area contributed by atoms with E-state index in [9.17, 15) is 24.0 Å². The summed E-state index contributed by atoms with van der Waals surface area (Å²) in [6, 6.07) is 3.35. The second kappa shape index (κ2) is 21.0. The third-order valence-corrected chi connectivity index (χ3v) is 8.48. The Balaban J connectivity index is 2.12. The van der Waals surface area contributed by atoms with E-state index in [-0.39, 0.29) is 41.5 Å². The molecule has 15 heteroatoms. The van der Waals surface area contributed by atoms with Gasteiger partial charge >= 0.3 is 0 Å². The van der Waals surface area contributed by atoms with Crippen LogP contribution in [0.2, 0.25) is 0 Å². The largest absolute Gasteiger partial charge is 0.355 e. The number of H-pyrrole nitrogens is 1. The number of rotatable bonds is 21. The Hall–Kier alpha value is -4.40. The van der Waals surface area contributed by atoms with E-state index in [1.807, 2.05) is 55.4 Å². The highest BCUT2D eigenvalue weighted by molar-refractivity contribution is 5.99. The van der Waals surface area contributed by atoms with E-state index >= 15 is 0 Å². The molecule has 0 saturated carbocycles. The lowest BCUT2D eigenvalue weighted by molar-refractivity contribution is -0.131. The molecule has 0 saturated heterocycles. The van der Waals surface area contributed by atoms with Crippen molar-refractivity contribution >= 4 is 29.5 Å². The van der Waals surface area contributed by atoms with E-state index < -0.39 is 36.0 Å². The van der Waals surface area contributed by atoms with Crippen LogP contribution in [0.5, 0.6) is 0 Å². The zero-order valence-corrected chi connectivity index (χ0v) is 31.1. The fourth-order valence-corrected chi connectivity index (χ4v) is 5.40. The summed E-state index contributed by atoms with van der Waals surface area (Å²) in [6.07, 6.45) is 2.26. The number of aromatic amines is 1. The van der Waals surface area contributed by atoms with Crippen LogP contribution in [0.25, 0.3) is 11.4 Å². The Morgan fingerprint density at radius 3 is 2.12 bits per heavy atom.